The molecule has 2 amide bonds. The first-order valence-corrected chi connectivity index (χ1v) is 19.0. The number of aliphatic hydroxyl groups excluding tert-OH is 2. The number of aliphatic hydroxyl groups is 2. The SMILES string of the molecule is O=C(NC1CCC(O)CC1)[C@H]1C(Cc2ccccc2)[C@@]2(C(=O)Nc3cc(Cl)ccc32)[C@@H](c2ccccc2)N1[C@H](c1ccccc1)[C@@H](O)c1ccccc1. The number of anilines is 1. The normalized spacial score (nSPS) is 26.5. The van der Waals surface area contributed by atoms with Gasteiger partial charge < -0.3 is 20.8 Å². The van der Waals surface area contributed by atoms with Gasteiger partial charge in [-0.25, -0.2) is 0 Å². The first kappa shape index (κ1) is 35.3. The van der Waals surface area contributed by atoms with Crippen molar-refractivity contribution in [3.8, 4) is 0 Å². The average Bonchev–Trinajstić information content (AvgIpc) is 3.64. The van der Waals surface area contributed by atoms with Gasteiger partial charge in [0.05, 0.1) is 30.3 Å². The second kappa shape index (κ2) is 14.9. The molecule has 1 spiro atoms. The third-order valence-electron chi connectivity index (χ3n) is 11.7. The Balaban J connectivity index is 1.42. The first-order valence-electron chi connectivity index (χ1n) is 18.6. The van der Waals surface area contributed by atoms with Crippen molar-refractivity contribution in [2.75, 3.05) is 5.32 Å². The molecule has 53 heavy (non-hydrogen) atoms. The molecule has 0 radical (unpaired) electrons. The fourth-order valence-electron chi connectivity index (χ4n) is 9.39. The molecule has 1 saturated carbocycles. The zero-order valence-electron chi connectivity index (χ0n) is 29.4. The van der Waals surface area contributed by atoms with Gasteiger partial charge in [0.15, 0.2) is 0 Å². The van der Waals surface area contributed by atoms with Crippen LogP contribution in [0.5, 0.6) is 0 Å². The zero-order chi connectivity index (χ0) is 36.5. The minimum atomic E-state index is -1.27. The van der Waals surface area contributed by atoms with E-state index in [4.69, 9.17) is 11.6 Å². The Kier molecular flexibility index (Phi) is 9.92. The predicted molar refractivity (Wildman–Crippen MR) is 207 cm³/mol. The smallest absolute Gasteiger partial charge is 0.237 e. The summed E-state index contributed by atoms with van der Waals surface area (Å²) in [5.74, 6) is -0.978. The van der Waals surface area contributed by atoms with Gasteiger partial charge in [-0.15, -0.1) is 0 Å². The van der Waals surface area contributed by atoms with Crippen LogP contribution in [0.1, 0.15) is 71.7 Å². The molecule has 0 aromatic heterocycles. The Hall–Kier alpha value is -4.79. The molecule has 6 atom stereocenters. The molecule has 5 aromatic rings. The van der Waals surface area contributed by atoms with Crippen molar-refractivity contribution in [2.24, 2.45) is 5.92 Å². The van der Waals surface area contributed by atoms with E-state index < -0.39 is 35.6 Å². The van der Waals surface area contributed by atoms with Crippen molar-refractivity contribution in [3.63, 3.8) is 0 Å². The summed E-state index contributed by atoms with van der Waals surface area (Å²) in [7, 11) is 0. The molecule has 3 aliphatic rings. The molecule has 1 saturated heterocycles. The van der Waals surface area contributed by atoms with Crippen molar-refractivity contribution in [3.05, 3.63) is 172 Å². The maximum absolute atomic E-state index is 15.4. The minimum absolute atomic E-state index is 0.130. The van der Waals surface area contributed by atoms with Crippen LogP contribution >= 0.6 is 11.6 Å². The lowest BCUT2D eigenvalue weighted by Crippen LogP contribution is -2.53. The van der Waals surface area contributed by atoms with E-state index in [1.54, 1.807) is 6.07 Å². The van der Waals surface area contributed by atoms with Crippen LogP contribution in [0.25, 0.3) is 0 Å². The van der Waals surface area contributed by atoms with Gasteiger partial charge in [0.25, 0.3) is 0 Å². The maximum Gasteiger partial charge on any atom is 0.237 e. The van der Waals surface area contributed by atoms with Gasteiger partial charge >= 0.3 is 0 Å². The van der Waals surface area contributed by atoms with Crippen LogP contribution in [0.2, 0.25) is 5.02 Å². The molecule has 1 aliphatic carbocycles. The quantitative estimate of drug-likeness (QED) is 0.125. The predicted octanol–water partition coefficient (Wildman–Crippen LogP) is 7.71. The largest absolute Gasteiger partial charge is 0.393 e. The summed E-state index contributed by atoms with van der Waals surface area (Å²) in [5, 5.41) is 30.2. The number of benzene rings is 5. The van der Waals surface area contributed by atoms with Crippen LogP contribution in [0, 0.1) is 5.92 Å². The lowest BCUT2D eigenvalue weighted by molar-refractivity contribution is -0.130. The van der Waals surface area contributed by atoms with Gasteiger partial charge in [0.2, 0.25) is 11.8 Å². The van der Waals surface area contributed by atoms with Gasteiger partial charge in [-0.3, -0.25) is 14.5 Å². The van der Waals surface area contributed by atoms with Gasteiger partial charge in [-0.05, 0) is 72.1 Å². The zero-order valence-corrected chi connectivity index (χ0v) is 30.1. The fraction of sp³-hybridized carbons (Fsp3) is 0.289. The fourth-order valence-corrected chi connectivity index (χ4v) is 9.57. The average molecular weight is 726 g/mol. The van der Waals surface area contributed by atoms with Crippen molar-refractivity contribution in [1.82, 2.24) is 10.2 Å². The highest BCUT2D eigenvalue weighted by Crippen LogP contribution is 2.63. The van der Waals surface area contributed by atoms with Crippen LogP contribution in [0.3, 0.4) is 0 Å². The molecule has 1 unspecified atom stereocenters. The molecule has 5 aromatic carbocycles. The third-order valence-corrected chi connectivity index (χ3v) is 11.9. The molecule has 270 valence electrons. The summed E-state index contributed by atoms with van der Waals surface area (Å²) in [6, 6.07) is 42.5. The van der Waals surface area contributed by atoms with Crippen LogP contribution in [-0.2, 0) is 21.4 Å². The number of halogens is 1. The number of rotatable bonds is 9. The van der Waals surface area contributed by atoms with Crippen molar-refractivity contribution >= 4 is 29.1 Å². The molecule has 8 rings (SSSR count). The van der Waals surface area contributed by atoms with Crippen molar-refractivity contribution < 1.29 is 19.8 Å². The first-order chi connectivity index (χ1) is 25.9. The number of amides is 2. The second-order valence-electron chi connectivity index (χ2n) is 14.7. The molecular weight excluding hydrogens is 682 g/mol. The highest BCUT2D eigenvalue weighted by Gasteiger charge is 2.69. The van der Waals surface area contributed by atoms with Crippen LogP contribution < -0.4 is 10.6 Å². The standard InChI is InChI=1S/C45H44ClN3O4/c46-33-21-26-36-38(28-33)48-44(53)45(36)37(27-29-13-5-1-6-14-29)40(43(52)47-34-22-24-35(50)25-23-34)49(42(45)32-19-11-4-12-20-32)39(30-15-7-2-8-16-30)41(51)31-17-9-3-10-18-31/h1-21,26,28,34-35,37,39-42,50-51H,22-25,27H2,(H,47,52)(H,48,53)/t34?,35?,37?,39-,40-,41+,42-,45-/m1/s1. The Morgan fingerprint density at radius 3 is 2.04 bits per heavy atom. The van der Waals surface area contributed by atoms with Crippen LogP contribution in [0.15, 0.2) is 140 Å². The van der Waals surface area contributed by atoms with E-state index in [1.807, 2.05) is 121 Å². The summed E-state index contributed by atoms with van der Waals surface area (Å²) in [4.78, 5) is 32.9. The number of nitrogens with zero attached hydrogens (tertiary/aromatic N) is 1. The van der Waals surface area contributed by atoms with E-state index in [-0.39, 0.29) is 24.0 Å². The molecule has 0 bridgehead atoms. The number of carbonyl (C=O) groups excluding carboxylic acids is 2. The van der Waals surface area contributed by atoms with E-state index in [1.165, 1.54) is 0 Å². The number of likely N-dealkylation sites (tertiary alicyclic amines) is 1. The van der Waals surface area contributed by atoms with Gasteiger partial charge in [0, 0.05) is 22.7 Å². The Labute approximate surface area is 315 Å². The lowest BCUT2D eigenvalue weighted by atomic mass is 9.64. The van der Waals surface area contributed by atoms with Crippen molar-refractivity contribution in [2.45, 2.75) is 73.9 Å². The molecule has 2 heterocycles. The van der Waals surface area contributed by atoms with E-state index in [2.05, 4.69) is 27.7 Å². The van der Waals surface area contributed by atoms with Gasteiger partial charge in [-0.2, -0.15) is 0 Å². The van der Waals surface area contributed by atoms with Crippen LogP contribution in [0.4, 0.5) is 5.69 Å². The molecule has 2 aliphatic heterocycles. The summed E-state index contributed by atoms with van der Waals surface area (Å²) in [6.45, 7) is 0. The van der Waals surface area contributed by atoms with E-state index in [0.29, 0.717) is 48.4 Å². The highest BCUT2D eigenvalue weighted by atomic mass is 35.5. The highest BCUT2D eigenvalue weighted by molar-refractivity contribution is 6.31. The number of fused-ring (bicyclic) bond motifs is 2. The molecule has 4 N–H and O–H groups in total. The molecular formula is C45H44ClN3O4. The third kappa shape index (κ3) is 6.46. The maximum atomic E-state index is 15.4. The Bertz CT molecular complexity index is 2040. The molecule has 2 fully saturated rings. The monoisotopic (exact) mass is 725 g/mol. The number of carbonyl (C=O) groups is 2. The second-order valence-corrected chi connectivity index (χ2v) is 15.2. The Morgan fingerprint density at radius 1 is 0.811 bits per heavy atom. The summed E-state index contributed by atoms with van der Waals surface area (Å²) in [6.07, 6.45) is 1.52. The summed E-state index contributed by atoms with van der Waals surface area (Å²) in [5.41, 5.74) is 3.53. The number of hydrogen-bond acceptors (Lipinski definition) is 5. The summed E-state index contributed by atoms with van der Waals surface area (Å²) < 4.78 is 0. The van der Waals surface area contributed by atoms with Gasteiger partial charge in [-0.1, -0.05) is 139 Å². The Morgan fingerprint density at radius 2 is 1.40 bits per heavy atom. The number of nitrogens with one attached hydrogen (secondary N) is 2. The molecule has 8 heteroatoms. The topological polar surface area (TPSA) is 102 Å². The van der Waals surface area contributed by atoms with Gasteiger partial charge in [0.1, 0.15) is 5.41 Å². The van der Waals surface area contributed by atoms with E-state index >= 15 is 9.59 Å². The number of hydrogen-bond donors (Lipinski definition) is 4. The minimum Gasteiger partial charge on any atom is -0.393 e. The van der Waals surface area contributed by atoms with E-state index in [9.17, 15) is 10.2 Å². The summed E-state index contributed by atoms with van der Waals surface area (Å²) >= 11 is 6.58. The lowest BCUT2D eigenvalue weighted by Gasteiger charge is -2.42. The van der Waals surface area contributed by atoms with E-state index in [0.717, 1.165) is 22.3 Å². The van der Waals surface area contributed by atoms with Crippen LogP contribution in [-0.4, -0.2) is 45.1 Å². The van der Waals surface area contributed by atoms with Crippen molar-refractivity contribution in [1.29, 1.82) is 0 Å². The molecule has 7 nitrogen and oxygen atoms in total.